The Balaban J connectivity index is 1.43. The standard InChI is InChI=1S/C26H36N4O2/c1-19-24(16-25(31)30-13-5-4-6-14-30)20(2)28-26(27-19)22-10-8-12-29(18-22)17-21-9-7-11-23(15-21)32-3/h7,9,11,15,22H,4-6,8,10,12-14,16-18H2,1-3H3/t22-/m1/s1. The number of piperidine rings is 2. The number of nitrogens with zero attached hydrogens (tertiary/aromatic N) is 4. The van der Waals surface area contributed by atoms with Crippen molar-refractivity contribution in [2.45, 2.75) is 64.8 Å². The van der Waals surface area contributed by atoms with Crippen LogP contribution in [-0.2, 0) is 17.8 Å². The lowest BCUT2D eigenvalue weighted by atomic mass is 9.95. The molecule has 0 saturated carbocycles. The lowest BCUT2D eigenvalue weighted by molar-refractivity contribution is -0.131. The van der Waals surface area contributed by atoms with Crippen LogP contribution in [0.5, 0.6) is 5.75 Å². The first-order valence-electron chi connectivity index (χ1n) is 12.0. The van der Waals surface area contributed by atoms with Gasteiger partial charge >= 0.3 is 0 Å². The highest BCUT2D eigenvalue weighted by molar-refractivity contribution is 5.79. The number of carbonyl (C=O) groups excluding carboxylic acids is 1. The summed E-state index contributed by atoms with van der Waals surface area (Å²) in [5.74, 6) is 2.39. The minimum absolute atomic E-state index is 0.217. The zero-order valence-corrected chi connectivity index (χ0v) is 19.8. The minimum Gasteiger partial charge on any atom is -0.497 e. The fourth-order valence-corrected chi connectivity index (χ4v) is 5.05. The van der Waals surface area contributed by atoms with Crippen LogP contribution < -0.4 is 4.74 Å². The SMILES string of the molecule is COc1cccc(CN2CCC[C@@H](c3nc(C)c(CC(=O)N4CCCCC4)c(C)n3)C2)c1. The highest BCUT2D eigenvalue weighted by Gasteiger charge is 2.26. The summed E-state index contributed by atoms with van der Waals surface area (Å²) in [6, 6.07) is 8.31. The number of aryl methyl sites for hydroxylation is 2. The van der Waals surface area contributed by atoms with Crippen molar-refractivity contribution in [1.29, 1.82) is 0 Å². The molecule has 1 aromatic carbocycles. The molecule has 0 spiro atoms. The minimum atomic E-state index is 0.217. The highest BCUT2D eigenvalue weighted by Crippen LogP contribution is 2.27. The Morgan fingerprint density at radius 2 is 1.81 bits per heavy atom. The average molecular weight is 437 g/mol. The number of hydrogen-bond acceptors (Lipinski definition) is 5. The van der Waals surface area contributed by atoms with Gasteiger partial charge in [-0.15, -0.1) is 0 Å². The van der Waals surface area contributed by atoms with Crippen LogP contribution in [0.4, 0.5) is 0 Å². The van der Waals surface area contributed by atoms with E-state index in [2.05, 4.69) is 23.1 Å². The molecule has 2 aliphatic rings. The van der Waals surface area contributed by atoms with Gasteiger partial charge < -0.3 is 9.64 Å². The molecule has 2 fully saturated rings. The zero-order chi connectivity index (χ0) is 22.5. The van der Waals surface area contributed by atoms with E-state index in [1.165, 1.54) is 12.0 Å². The van der Waals surface area contributed by atoms with Gasteiger partial charge in [-0.1, -0.05) is 12.1 Å². The molecule has 0 radical (unpaired) electrons. The third-order valence-corrected chi connectivity index (χ3v) is 6.89. The maximum absolute atomic E-state index is 12.8. The van der Waals surface area contributed by atoms with Crippen molar-refractivity contribution >= 4 is 5.91 Å². The summed E-state index contributed by atoms with van der Waals surface area (Å²) in [5.41, 5.74) is 4.20. The highest BCUT2D eigenvalue weighted by atomic mass is 16.5. The van der Waals surface area contributed by atoms with Crippen LogP contribution in [0.2, 0.25) is 0 Å². The van der Waals surface area contributed by atoms with Crippen molar-refractivity contribution in [3.63, 3.8) is 0 Å². The Kier molecular flexibility index (Phi) is 7.40. The number of likely N-dealkylation sites (tertiary alicyclic amines) is 2. The van der Waals surface area contributed by atoms with Gasteiger partial charge in [-0.3, -0.25) is 9.69 Å². The van der Waals surface area contributed by atoms with E-state index in [1.54, 1.807) is 7.11 Å². The molecule has 4 rings (SSSR count). The van der Waals surface area contributed by atoms with E-state index in [1.807, 2.05) is 24.8 Å². The molecule has 0 N–H and O–H groups in total. The third-order valence-electron chi connectivity index (χ3n) is 6.89. The van der Waals surface area contributed by atoms with E-state index in [4.69, 9.17) is 14.7 Å². The first kappa shape index (κ1) is 22.7. The topological polar surface area (TPSA) is 58.6 Å². The molecule has 3 heterocycles. The van der Waals surface area contributed by atoms with Gasteiger partial charge in [0.05, 0.1) is 13.5 Å². The van der Waals surface area contributed by atoms with Gasteiger partial charge in [0.25, 0.3) is 0 Å². The summed E-state index contributed by atoms with van der Waals surface area (Å²) in [5, 5.41) is 0. The second-order valence-electron chi connectivity index (χ2n) is 9.28. The molecule has 172 valence electrons. The van der Waals surface area contributed by atoms with Crippen molar-refractivity contribution in [3.05, 3.63) is 52.6 Å². The lowest BCUT2D eigenvalue weighted by Crippen LogP contribution is -2.37. The van der Waals surface area contributed by atoms with E-state index in [9.17, 15) is 4.79 Å². The Hall–Kier alpha value is -2.47. The molecule has 2 aliphatic heterocycles. The molecule has 2 saturated heterocycles. The first-order valence-corrected chi connectivity index (χ1v) is 12.0. The van der Waals surface area contributed by atoms with Gasteiger partial charge in [-0.2, -0.15) is 0 Å². The van der Waals surface area contributed by atoms with Crippen LogP contribution in [0.15, 0.2) is 24.3 Å². The summed E-state index contributed by atoms with van der Waals surface area (Å²) >= 11 is 0. The smallest absolute Gasteiger partial charge is 0.227 e. The zero-order valence-electron chi connectivity index (χ0n) is 19.8. The molecular formula is C26H36N4O2. The Morgan fingerprint density at radius 1 is 1.06 bits per heavy atom. The second kappa shape index (κ2) is 10.4. The molecule has 1 aromatic heterocycles. The van der Waals surface area contributed by atoms with Crippen LogP contribution in [0.25, 0.3) is 0 Å². The van der Waals surface area contributed by atoms with Crippen molar-refractivity contribution < 1.29 is 9.53 Å². The number of rotatable bonds is 6. The van der Waals surface area contributed by atoms with Gasteiger partial charge in [0.2, 0.25) is 5.91 Å². The van der Waals surface area contributed by atoms with Gasteiger partial charge in [0.1, 0.15) is 11.6 Å². The molecule has 2 aromatic rings. The first-order chi connectivity index (χ1) is 15.5. The Morgan fingerprint density at radius 3 is 2.53 bits per heavy atom. The largest absolute Gasteiger partial charge is 0.497 e. The van der Waals surface area contributed by atoms with Crippen LogP contribution in [0.3, 0.4) is 0 Å². The van der Waals surface area contributed by atoms with Crippen LogP contribution in [-0.4, -0.2) is 59.0 Å². The lowest BCUT2D eigenvalue weighted by Gasteiger charge is -2.32. The van der Waals surface area contributed by atoms with E-state index < -0.39 is 0 Å². The van der Waals surface area contributed by atoms with Crippen LogP contribution >= 0.6 is 0 Å². The van der Waals surface area contributed by atoms with Crippen molar-refractivity contribution in [3.8, 4) is 5.75 Å². The van der Waals surface area contributed by atoms with Crippen molar-refractivity contribution in [2.75, 3.05) is 33.3 Å². The number of methoxy groups -OCH3 is 1. The molecular weight excluding hydrogens is 400 g/mol. The summed E-state index contributed by atoms with van der Waals surface area (Å²) in [7, 11) is 1.71. The molecule has 32 heavy (non-hydrogen) atoms. The Labute approximate surface area is 192 Å². The number of benzene rings is 1. The normalized spacial score (nSPS) is 19.7. The summed E-state index contributed by atoms with van der Waals surface area (Å²) in [6.45, 7) is 8.81. The fraction of sp³-hybridized carbons (Fsp3) is 0.577. The van der Waals surface area contributed by atoms with E-state index >= 15 is 0 Å². The maximum Gasteiger partial charge on any atom is 0.227 e. The number of amides is 1. The van der Waals surface area contributed by atoms with Gasteiger partial charge in [0.15, 0.2) is 0 Å². The van der Waals surface area contributed by atoms with E-state index in [0.29, 0.717) is 12.3 Å². The van der Waals surface area contributed by atoms with Gasteiger partial charge in [0, 0.05) is 49.0 Å². The summed E-state index contributed by atoms with van der Waals surface area (Å²) < 4.78 is 5.37. The van der Waals surface area contributed by atoms with Gasteiger partial charge in [-0.05, 0) is 70.2 Å². The average Bonchev–Trinajstić information content (AvgIpc) is 2.82. The van der Waals surface area contributed by atoms with Crippen LogP contribution in [0, 0.1) is 13.8 Å². The monoisotopic (exact) mass is 436 g/mol. The molecule has 6 heteroatoms. The quantitative estimate of drug-likeness (QED) is 0.684. The van der Waals surface area contributed by atoms with E-state index in [-0.39, 0.29) is 5.91 Å². The molecule has 1 atom stereocenters. The molecule has 0 unspecified atom stereocenters. The number of ether oxygens (including phenoxy) is 1. The molecule has 6 nitrogen and oxygen atoms in total. The maximum atomic E-state index is 12.8. The van der Waals surface area contributed by atoms with Crippen LogP contribution in [0.1, 0.15) is 66.4 Å². The van der Waals surface area contributed by atoms with Crippen molar-refractivity contribution in [2.24, 2.45) is 0 Å². The number of carbonyl (C=O) groups is 1. The fourth-order valence-electron chi connectivity index (χ4n) is 5.05. The third kappa shape index (κ3) is 5.47. The molecule has 1 amide bonds. The predicted molar refractivity (Wildman–Crippen MR) is 126 cm³/mol. The molecule has 0 aliphatic carbocycles. The van der Waals surface area contributed by atoms with Gasteiger partial charge in [-0.25, -0.2) is 9.97 Å². The summed E-state index contributed by atoms with van der Waals surface area (Å²) in [6.07, 6.45) is 6.14. The summed E-state index contributed by atoms with van der Waals surface area (Å²) in [4.78, 5) is 27.1. The van der Waals surface area contributed by atoms with Crippen molar-refractivity contribution in [1.82, 2.24) is 19.8 Å². The Bertz CT molecular complexity index is 916. The second-order valence-corrected chi connectivity index (χ2v) is 9.28. The predicted octanol–water partition coefficient (Wildman–Crippen LogP) is 4.04. The number of hydrogen-bond donors (Lipinski definition) is 0. The number of aromatic nitrogens is 2. The van der Waals surface area contributed by atoms with E-state index in [0.717, 1.165) is 86.9 Å². The molecule has 0 bridgehead atoms.